The van der Waals surface area contributed by atoms with Gasteiger partial charge in [-0.25, -0.2) is 8.42 Å². The Labute approximate surface area is 181 Å². The first-order valence-corrected chi connectivity index (χ1v) is 11.2. The first-order chi connectivity index (χ1) is 15.1. The number of alkyl halides is 3. The highest BCUT2D eigenvalue weighted by Gasteiger charge is 2.41. The summed E-state index contributed by atoms with van der Waals surface area (Å²) >= 11 is 0. The van der Waals surface area contributed by atoms with E-state index in [1.807, 2.05) is 0 Å². The molecule has 2 aromatic carbocycles. The second-order valence-electron chi connectivity index (χ2n) is 7.29. The molecular weight excluding hydrogens is 449 g/mol. The fourth-order valence-electron chi connectivity index (χ4n) is 3.61. The first-order valence-electron chi connectivity index (χ1n) is 9.76. The Morgan fingerprint density at radius 2 is 1.88 bits per heavy atom. The van der Waals surface area contributed by atoms with Gasteiger partial charge in [0.05, 0.1) is 0 Å². The van der Waals surface area contributed by atoms with Crippen LogP contribution in [0, 0.1) is 0 Å². The molecule has 7 nitrogen and oxygen atoms in total. The number of para-hydroxylation sites is 1. The van der Waals surface area contributed by atoms with Crippen LogP contribution in [-0.2, 0) is 21.4 Å². The number of halogens is 3. The van der Waals surface area contributed by atoms with E-state index in [1.54, 1.807) is 24.3 Å². The minimum Gasteiger partial charge on any atom is -0.443 e. The number of fused-ring (bicyclic) bond motifs is 1. The van der Waals surface area contributed by atoms with E-state index in [2.05, 4.69) is 10.1 Å². The number of hydrogen-bond acceptors (Lipinski definition) is 5. The molecule has 0 aliphatic carbocycles. The van der Waals surface area contributed by atoms with Crippen molar-refractivity contribution >= 4 is 26.9 Å². The maximum Gasteiger partial charge on any atom is 0.573 e. The summed E-state index contributed by atoms with van der Waals surface area (Å²) in [7, 11) is -4.02. The fourth-order valence-corrected chi connectivity index (χ4v) is 5.21. The summed E-state index contributed by atoms with van der Waals surface area (Å²) in [5, 5.41) is 3.07. The predicted octanol–water partition coefficient (Wildman–Crippen LogP) is 3.80. The van der Waals surface area contributed by atoms with Gasteiger partial charge in [0.2, 0.25) is 11.0 Å². The Morgan fingerprint density at radius 3 is 2.56 bits per heavy atom. The molecule has 1 amide bonds. The minimum atomic E-state index is -4.78. The van der Waals surface area contributed by atoms with E-state index in [0.717, 1.165) is 16.4 Å². The van der Waals surface area contributed by atoms with Crippen LogP contribution in [0.4, 0.5) is 13.2 Å². The van der Waals surface area contributed by atoms with Crippen molar-refractivity contribution in [2.75, 3.05) is 6.54 Å². The molecule has 0 spiro atoms. The molecule has 0 unspecified atom stereocenters. The quantitative estimate of drug-likeness (QED) is 0.595. The number of hydrogen-bond donors (Lipinski definition) is 1. The Hall–Kier alpha value is -3.05. The molecule has 1 aliphatic heterocycles. The summed E-state index contributed by atoms with van der Waals surface area (Å²) in [6.45, 7) is 0.209. The lowest BCUT2D eigenvalue weighted by atomic mass is 10.2. The topological polar surface area (TPSA) is 88.9 Å². The van der Waals surface area contributed by atoms with Crippen molar-refractivity contribution in [2.24, 2.45) is 0 Å². The van der Waals surface area contributed by atoms with Gasteiger partial charge in [-0.3, -0.25) is 4.79 Å². The zero-order chi connectivity index (χ0) is 22.9. The van der Waals surface area contributed by atoms with E-state index in [0.29, 0.717) is 29.4 Å². The van der Waals surface area contributed by atoms with E-state index in [-0.39, 0.29) is 23.9 Å². The molecule has 1 fully saturated rings. The van der Waals surface area contributed by atoms with E-state index in [9.17, 15) is 26.4 Å². The van der Waals surface area contributed by atoms with Crippen LogP contribution in [0.3, 0.4) is 0 Å². The van der Waals surface area contributed by atoms with Gasteiger partial charge in [-0.2, -0.15) is 4.31 Å². The third-order valence-electron chi connectivity index (χ3n) is 5.10. The van der Waals surface area contributed by atoms with Crippen LogP contribution in [0.15, 0.2) is 64.1 Å². The maximum absolute atomic E-state index is 13.1. The van der Waals surface area contributed by atoms with E-state index < -0.39 is 28.3 Å². The van der Waals surface area contributed by atoms with Gasteiger partial charge < -0.3 is 14.5 Å². The number of carbonyl (C=O) groups excluding carboxylic acids is 1. The zero-order valence-corrected chi connectivity index (χ0v) is 17.4. The molecule has 0 saturated carbocycles. The molecule has 1 saturated heterocycles. The SMILES string of the molecule is O=C(NCc1ccc(OC(F)(F)F)cc1)[C@@H]1CCCN1S(=O)(=O)c1cc2ccccc2o1. The lowest BCUT2D eigenvalue weighted by Gasteiger charge is -2.22. The largest absolute Gasteiger partial charge is 0.573 e. The van der Waals surface area contributed by atoms with Gasteiger partial charge in [0.1, 0.15) is 17.4 Å². The second kappa shape index (κ2) is 8.47. The van der Waals surface area contributed by atoms with Crippen molar-refractivity contribution in [3.63, 3.8) is 0 Å². The van der Waals surface area contributed by atoms with Gasteiger partial charge in [0.15, 0.2) is 0 Å². The molecular formula is C21H19F3N2O5S. The van der Waals surface area contributed by atoms with Gasteiger partial charge in [0, 0.05) is 24.5 Å². The number of ether oxygens (including phenoxy) is 1. The molecule has 1 aromatic heterocycles. The van der Waals surface area contributed by atoms with E-state index >= 15 is 0 Å². The van der Waals surface area contributed by atoms with Gasteiger partial charge in [-0.1, -0.05) is 30.3 Å². The number of benzene rings is 2. The monoisotopic (exact) mass is 468 g/mol. The highest BCUT2D eigenvalue weighted by atomic mass is 32.2. The first kappa shape index (κ1) is 22.2. The van der Waals surface area contributed by atoms with Crippen molar-refractivity contribution < 1.29 is 35.5 Å². The van der Waals surface area contributed by atoms with Crippen LogP contribution in [-0.4, -0.2) is 37.6 Å². The van der Waals surface area contributed by atoms with E-state index in [1.165, 1.54) is 18.2 Å². The summed E-state index contributed by atoms with van der Waals surface area (Å²) in [6, 6.07) is 12.5. The Morgan fingerprint density at radius 1 is 1.16 bits per heavy atom. The van der Waals surface area contributed by atoms with Crippen LogP contribution >= 0.6 is 0 Å². The number of nitrogens with zero attached hydrogens (tertiary/aromatic N) is 1. The Kier molecular flexibility index (Phi) is 5.87. The molecule has 4 rings (SSSR count). The predicted molar refractivity (Wildman–Crippen MR) is 108 cm³/mol. The number of sulfonamides is 1. The maximum atomic E-state index is 13.1. The van der Waals surface area contributed by atoms with Gasteiger partial charge in [-0.15, -0.1) is 13.2 Å². The number of furan rings is 1. The third-order valence-corrected chi connectivity index (χ3v) is 6.86. The zero-order valence-electron chi connectivity index (χ0n) is 16.6. The molecule has 11 heteroatoms. The lowest BCUT2D eigenvalue weighted by Crippen LogP contribution is -2.45. The standard InChI is InChI=1S/C21H19F3N2O5S/c22-21(23,24)31-16-9-7-14(8-10-16)13-25-20(27)17-5-3-11-26(17)32(28,29)19-12-15-4-1-2-6-18(15)30-19/h1-2,4,6-10,12,17H,3,5,11,13H2,(H,25,27)/t17-/m0/s1. The van der Waals surface area contributed by atoms with Gasteiger partial charge in [0.25, 0.3) is 10.0 Å². The molecule has 1 N–H and O–H groups in total. The van der Waals surface area contributed by atoms with E-state index in [4.69, 9.17) is 4.42 Å². The molecule has 170 valence electrons. The smallest absolute Gasteiger partial charge is 0.443 e. The summed E-state index contributed by atoms with van der Waals surface area (Å²) in [4.78, 5) is 12.7. The molecule has 1 atom stereocenters. The normalized spacial score (nSPS) is 17.5. The summed E-state index contributed by atoms with van der Waals surface area (Å²) in [5.41, 5.74) is 0.974. The van der Waals surface area contributed by atoms with Crippen molar-refractivity contribution in [1.29, 1.82) is 0 Å². The van der Waals surface area contributed by atoms with Crippen LogP contribution in [0.25, 0.3) is 11.0 Å². The van der Waals surface area contributed by atoms with Gasteiger partial charge in [-0.05, 0) is 36.6 Å². The average Bonchev–Trinajstić information content (AvgIpc) is 3.40. The number of rotatable bonds is 6. The molecule has 0 radical (unpaired) electrons. The third kappa shape index (κ3) is 4.73. The summed E-state index contributed by atoms with van der Waals surface area (Å²) in [6.07, 6.45) is -3.92. The van der Waals surface area contributed by atoms with Crippen LogP contribution < -0.4 is 10.1 Å². The number of nitrogens with one attached hydrogen (secondary N) is 1. The molecule has 32 heavy (non-hydrogen) atoms. The molecule has 3 aromatic rings. The Balaban J connectivity index is 1.43. The molecule has 1 aliphatic rings. The van der Waals surface area contributed by atoms with Crippen molar-refractivity contribution in [3.05, 3.63) is 60.2 Å². The lowest BCUT2D eigenvalue weighted by molar-refractivity contribution is -0.274. The number of carbonyl (C=O) groups is 1. The average molecular weight is 468 g/mol. The molecule has 0 bridgehead atoms. The van der Waals surface area contributed by atoms with Crippen LogP contribution in [0.1, 0.15) is 18.4 Å². The highest BCUT2D eigenvalue weighted by molar-refractivity contribution is 7.89. The number of amides is 1. The van der Waals surface area contributed by atoms with Crippen molar-refractivity contribution in [2.45, 2.75) is 36.9 Å². The van der Waals surface area contributed by atoms with Crippen LogP contribution in [0.2, 0.25) is 0 Å². The van der Waals surface area contributed by atoms with Crippen molar-refractivity contribution in [1.82, 2.24) is 9.62 Å². The van der Waals surface area contributed by atoms with Crippen molar-refractivity contribution in [3.8, 4) is 5.75 Å². The van der Waals surface area contributed by atoms with Crippen LogP contribution in [0.5, 0.6) is 5.75 Å². The Bertz CT molecular complexity index is 1190. The fraction of sp³-hybridized carbons (Fsp3) is 0.286. The second-order valence-corrected chi connectivity index (χ2v) is 9.11. The van der Waals surface area contributed by atoms with Gasteiger partial charge >= 0.3 is 6.36 Å². The minimum absolute atomic E-state index is 0.0279. The highest BCUT2D eigenvalue weighted by Crippen LogP contribution is 2.30. The summed E-state index contributed by atoms with van der Waals surface area (Å²) in [5.74, 6) is -0.857. The molecule has 2 heterocycles. The summed E-state index contributed by atoms with van der Waals surface area (Å²) < 4.78 is 73.3.